The van der Waals surface area contributed by atoms with Crippen LogP contribution in [-0.4, -0.2) is 40.5 Å². The molecular weight excluding hydrogens is 332 g/mol. The van der Waals surface area contributed by atoms with Gasteiger partial charge in [0.25, 0.3) is 5.56 Å². The maximum absolute atomic E-state index is 12.0. The molecule has 0 amide bonds. The zero-order chi connectivity index (χ0) is 14.9. The molecule has 2 aromatic rings. The van der Waals surface area contributed by atoms with Gasteiger partial charge in [-0.05, 0) is 49.6 Å². The molecule has 0 spiro atoms. The summed E-state index contributed by atoms with van der Waals surface area (Å²) in [7, 11) is 0. The average molecular weight is 355 g/mol. The summed E-state index contributed by atoms with van der Waals surface area (Å²) in [4.78, 5) is 21.9. The summed E-state index contributed by atoms with van der Waals surface area (Å²) in [6, 6.07) is 2.59. The topological polar surface area (TPSA) is 61.0 Å². The third-order valence-electron chi connectivity index (χ3n) is 4.72. The SMILES string of the molecule is Cl.O=c1[nH]c(CN2CCC(NCC3CC3)CC2)nc2ccsc12. The van der Waals surface area contributed by atoms with E-state index in [9.17, 15) is 4.79 Å². The van der Waals surface area contributed by atoms with Gasteiger partial charge in [0.05, 0.1) is 12.1 Å². The molecule has 5 nitrogen and oxygen atoms in total. The van der Waals surface area contributed by atoms with Gasteiger partial charge in [-0.3, -0.25) is 9.69 Å². The number of hydrogen-bond donors (Lipinski definition) is 2. The predicted molar refractivity (Wildman–Crippen MR) is 96.5 cm³/mol. The minimum atomic E-state index is -0.00372. The van der Waals surface area contributed by atoms with Crippen LogP contribution in [0.25, 0.3) is 10.2 Å². The van der Waals surface area contributed by atoms with Crippen LogP contribution in [0.4, 0.5) is 0 Å². The molecule has 1 aliphatic carbocycles. The predicted octanol–water partition coefficient (Wildman–Crippen LogP) is 2.37. The van der Waals surface area contributed by atoms with E-state index in [2.05, 4.69) is 20.2 Å². The zero-order valence-corrected chi connectivity index (χ0v) is 14.7. The highest BCUT2D eigenvalue weighted by molar-refractivity contribution is 7.17. The molecule has 126 valence electrons. The van der Waals surface area contributed by atoms with Crippen molar-refractivity contribution in [1.82, 2.24) is 20.2 Å². The van der Waals surface area contributed by atoms with Crippen LogP contribution in [0.15, 0.2) is 16.2 Å². The van der Waals surface area contributed by atoms with Gasteiger partial charge in [0.2, 0.25) is 0 Å². The third kappa shape index (κ3) is 4.12. The number of thiophene rings is 1. The number of fused-ring (bicyclic) bond motifs is 1. The summed E-state index contributed by atoms with van der Waals surface area (Å²) >= 11 is 1.45. The van der Waals surface area contributed by atoms with Crippen molar-refractivity contribution >= 4 is 34.0 Å². The Kier molecular flexibility index (Phi) is 5.36. The van der Waals surface area contributed by atoms with E-state index in [1.807, 2.05) is 11.4 Å². The highest BCUT2D eigenvalue weighted by Crippen LogP contribution is 2.28. The summed E-state index contributed by atoms with van der Waals surface area (Å²) in [6.07, 6.45) is 5.21. The first-order valence-corrected chi connectivity index (χ1v) is 9.08. The molecule has 1 saturated carbocycles. The molecule has 0 unspecified atom stereocenters. The van der Waals surface area contributed by atoms with Gasteiger partial charge >= 0.3 is 0 Å². The Morgan fingerprint density at radius 1 is 1.30 bits per heavy atom. The number of aromatic nitrogens is 2. The van der Waals surface area contributed by atoms with E-state index >= 15 is 0 Å². The molecule has 2 N–H and O–H groups in total. The van der Waals surface area contributed by atoms with Crippen molar-refractivity contribution in [3.8, 4) is 0 Å². The third-order valence-corrected chi connectivity index (χ3v) is 5.62. The maximum atomic E-state index is 12.0. The summed E-state index contributed by atoms with van der Waals surface area (Å²) in [6.45, 7) is 4.10. The van der Waals surface area contributed by atoms with Crippen molar-refractivity contribution in [2.45, 2.75) is 38.3 Å². The lowest BCUT2D eigenvalue weighted by atomic mass is 10.0. The van der Waals surface area contributed by atoms with Gasteiger partial charge in [-0.25, -0.2) is 4.98 Å². The molecule has 1 saturated heterocycles. The lowest BCUT2D eigenvalue weighted by Crippen LogP contribution is -2.43. The number of nitrogens with one attached hydrogen (secondary N) is 2. The molecule has 0 bridgehead atoms. The molecule has 3 heterocycles. The van der Waals surface area contributed by atoms with E-state index < -0.39 is 0 Å². The zero-order valence-electron chi connectivity index (χ0n) is 13.1. The lowest BCUT2D eigenvalue weighted by molar-refractivity contribution is 0.186. The molecule has 23 heavy (non-hydrogen) atoms. The minimum Gasteiger partial charge on any atom is -0.314 e. The van der Waals surface area contributed by atoms with Crippen LogP contribution < -0.4 is 10.9 Å². The molecule has 7 heteroatoms. The summed E-state index contributed by atoms with van der Waals surface area (Å²) in [5.41, 5.74) is 0.820. The Labute approximate surface area is 145 Å². The molecule has 4 rings (SSSR count). The summed E-state index contributed by atoms with van der Waals surface area (Å²) in [5, 5.41) is 5.62. The van der Waals surface area contributed by atoms with Crippen molar-refractivity contribution < 1.29 is 0 Å². The smallest absolute Gasteiger partial charge is 0.268 e. The number of likely N-dealkylation sites (tertiary alicyclic amines) is 1. The van der Waals surface area contributed by atoms with Crippen LogP contribution in [0.1, 0.15) is 31.5 Å². The van der Waals surface area contributed by atoms with Crippen LogP contribution in [0.5, 0.6) is 0 Å². The fraction of sp³-hybridized carbons (Fsp3) is 0.625. The van der Waals surface area contributed by atoms with Crippen molar-refractivity contribution in [2.75, 3.05) is 19.6 Å². The number of H-pyrrole nitrogens is 1. The van der Waals surface area contributed by atoms with Gasteiger partial charge in [0.15, 0.2) is 0 Å². The summed E-state index contributed by atoms with van der Waals surface area (Å²) < 4.78 is 0.728. The monoisotopic (exact) mass is 354 g/mol. The van der Waals surface area contributed by atoms with E-state index in [0.717, 1.165) is 41.6 Å². The van der Waals surface area contributed by atoms with Gasteiger partial charge in [-0.1, -0.05) is 0 Å². The Balaban J connectivity index is 0.00000156. The number of rotatable bonds is 5. The Morgan fingerprint density at radius 2 is 2.09 bits per heavy atom. The van der Waals surface area contributed by atoms with Crippen LogP contribution in [0.2, 0.25) is 0 Å². The van der Waals surface area contributed by atoms with Crippen molar-refractivity contribution in [1.29, 1.82) is 0 Å². The standard InChI is InChI=1S/C16H22N4OS.ClH/c21-16-15-13(5-8-22-15)18-14(19-16)10-20-6-3-12(4-7-20)17-9-11-1-2-11;/h5,8,11-12,17H,1-4,6-7,9-10H2,(H,18,19,21);1H. The molecular formula is C16H23ClN4OS. The van der Waals surface area contributed by atoms with E-state index in [-0.39, 0.29) is 18.0 Å². The van der Waals surface area contributed by atoms with E-state index in [4.69, 9.17) is 0 Å². The quantitative estimate of drug-likeness (QED) is 0.865. The Bertz CT molecular complexity index is 703. The normalized spacial score (nSPS) is 19.8. The first-order valence-electron chi connectivity index (χ1n) is 8.20. The van der Waals surface area contributed by atoms with Crippen molar-refractivity contribution in [3.63, 3.8) is 0 Å². The number of halogens is 1. The second-order valence-electron chi connectivity index (χ2n) is 6.55. The first kappa shape index (κ1) is 16.9. The highest BCUT2D eigenvalue weighted by Gasteiger charge is 2.24. The molecule has 0 atom stereocenters. The highest BCUT2D eigenvalue weighted by atomic mass is 35.5. The number of aromatic amines is 1. The van der Waals surface area contributed by atoms with Gasteiger partial charge < -0.3 is 10.3 Å². The second-order valence-corrected chi connectivity index (χ2v) is 7.47. The van der Waals surface area contributed by atoms with E-state index in [1.54, 1.807) is 0 Å². The molecule has 0 aromatic carbocycles. The van der Waals surface area contributed by atoms with Crippen molar-refractivity contribution in [2.24, 2.45) is 5.92 Å². The molecule has 2 aliphatic rings. The van der Waals surface area contributed by atoms with E-state index in [1.165, 1.54) is 43.6 Å². The number of nitrogens with zero attached hydrogens (tertiary/aromatic N) is 2. The van der Waals surface area contributed by atoms with Crippen LogP contribution in [0.3, 0.4) is 0 Å². The largest absolute Gasteiger partial charge is 0.314 e. The minimum absolute atomic E-state index is 0. The van der Waals surface area contributed by atoms with Gasteiger partial charge in [0.1, 0.15) is 10.5 Å². The van der Waals surface area contributed by atoms with E-state index in [0.29, 0.717) is 6.04 Å². The van der Waals surface area contributed by atoms with Crippen LogP contribution in [0, 0.1) is 5.92 Å². The molecule has 2 fully saturated rings. The maximum Gasteiger partial charge on any atom is 0.268 e. The summed E-state index contributed by atoms with van der Waals surface area (Å²) in [5.74, 6) is 1.74. The van der Waals surface area contributed by atoms with Crippen LogP contribution >= 0.6 is 23.7 Å². The molecule has 0 radical (unpaired) electrons. The Hall–Kier alpha value is -0.950. The Morgan fingerprint density at radius 3 is 2.83 bits per heavy atom. The fourth-order valence-corrected chi connectivity index (χ4v) is 3.88. The van der Waals surface area contributed by atoms with Gasteiger partial charge in [-0.2, -0.15) is 0 Å². The van der Waals surface area contributed by atoms with Crippen LogP contribution in [-0.2, 0) is 6.54 Å². The number of hydrogen-bond acceptors (Lipinski definition) is 5. The average Bonchev–Trinajstić information content (AvgIpc) is 3.23. The molecule has 2 aromatic heterocycles. The second kappa shape index (κ2) is 7.30. The van der Waals surface area contributed by atoms with Crippen molar-refractivity contribution in [3.05, 3.63) is 27.6 Å². The van der Waals surface area contributed by atoms with Gasteiger partial charge in [0, 0.05) is 19.1 Å². The molecule has 1 aliphatic heterocycles. The van der Waals surface area contributed by atoms with Gasteiger partial charge in [-0.15, -0.1) is 23.7 Å². The number of piperidine rings is 1. The first-order chi connectivity index (χ1) is 10.8. The lowest BCUT2D eigenvalue weighted by Gasteiger charge is -2.32. The fourth-order valence-electron chi connectivity index (χ4n) is 3.16.